The molecule has 0 fully saturated rings. The monoisotopic (exact) mass is 465 g/mol. The van der Waals surface area contributed by atoms with E-state index in [1.54, 1.807) is 12.1 Å². The predicted molar refractivity (Wildman–Crippen MR) is 114 cm³/mol. The van der Waals surface area contributed by atoms with Crippen molar-refractivity contribution in [2.75, 3.05) is 16.8 Å². The molecule has 3 rings (SSSR count). The summed E-state index contributed by atoms with van der Waals surface area (Å²) >= 11 is 10.8. The van der Waals surface area contributed by atoms with Gasteiger partial charge in [0.05, 0.1) is 16.5 Å². The van der Waals surface area contributed by atoms with Crippen molar-refractivity contribution in [3.05, 3.63) is 52.0 Å². The van der Waals surface area contributed by atoms with E-state index in [4.69, 9.17) is 17.3 Å². The third-order valence-electron chi connectivity index (χ3n) is 3.72. The molecule has 140 valence electrons. The maximum atomic E-state index is 12.3. The Balaban J connectivity index is 1.70. The van der Waals surface area contributed by atoms with Crippen molar-refractivity contribution < 1.29 is 4.79 Å². The fraction of sp³-hybridized carbons (Fsp3) is 0.167. The van der Waals surface area contributed by atoms with Gasteiger partial charge in [-0.25, -0.2) is 0 Å². The van der Waals surface area contributed by atoms with E-state index in [1.165, 1.54) is 11.8 Å². The molecule has 0 spiro atoms. The van der Waals surface area contributed by atoms with Gasteiger partial charge in [-0.1, -0.05) is 51.4 Å². The number of carbonyl (C=O) groups excluding carboxylic acids is 1. The van der Waals surface area contributed by atoms with Gasteiger partial charge in [-0.2, -0.15) is 0 Å². The Labute approximate surface area is 174 Å². The number of amides is 1. The van der Waals surface area contributed by atoms with Crippen LogP contribution in [0.5, 0.6) is 0 Å². The molecule has 9 heteroatoms. The van der Waals surface area contributed by atoms with Crippen LogP contribution in [0, 0.1) is 0 Å². The first-order valence-electron chi connectivity index (χ1n) is 8.14. The van der Waals surface area contributed by atoms with E-state index >= 15 is 0 Å². The molecule has 0 atom stereocenters. The average Bonchev–Trinajstić information content (AvgIpc) is 3.05. The summed E-state index contributed by atoms with van der Waals surface area (Å²) in [6, 6.07) is 12.8. The summed E-state index contributed by atoms with van der Waals surface area (Å²) in [4.78, 5) is 12.3. The zero-order chi connectivity index (χ0) is 19.4. The van der Waals surface area contributed by atoms with E-state index in [2.05, 4.69) is 31.4 Å². The van der Waals surface area contributed by atoms with Gasteiger partial charge >= 0.3 is 0 Å². The third-order valence-corrected chi connectivity index (χ3v) is 5.49. The van der Waals surface area contributed by atoms with Crippen LogP contribution in [0.25, 0.3) is 11.4 Å². The predicted octanol–water partition coefficient (Wildman–Crippen LogP) is 4.69. The highest BCUT2D eigenvalue weighted by atomic mass is 79.9. The lowest BCUT2D eigenvalue weighted by molar-refractivity contribution is -0.113. The van der Waals surface area contributed by atoms with E-state index in [0.717, 1.165) is 15.9 Å². The molecule has 0 saturated heterocycles. The number of aromatic nitrogens is 3. The van der Waals surface area contributed by atoms with Gasteiger partial charge in [0.25, 0.3) is 0 Å². The van der Waals surface area contributed by atoms with Crippen molar-refractivity contribution in [1.82, 2.24) is 14.8 Å². The largest absolute Gasteiger partial charge is 0.399 e. The molecule has 3 aromatic rings. The third kappa shape index (κ3) is 4.82. The summed E-state index contributed by atoms with van der Waals surface area (Å²) in [6.45, 7) is 2.69. The zero-order valence-electron chi connectivity index (χ0n) is 14.4. The Morgan fingerprint density at radius 2 is 2.11 bits per heavy atom. The van der Waals surface area contributed by atoms with Gasteiger partial charge in [0.1, 0.15) is 0 Å². The first-order valence-corrected chi connectivity index (χ1v) is 10.3. The van der Waals surface area contributed by atoms with Crippen LogP contribution >= 0.6 is 39.3 Å². The molecule has 1 aromatic heterocycles. The number of thioether (sulfide) groups is 1. The standard InChI is InChI=1S/C18H17BrClN5OS/c1-2-25-17(11-4-3-5-13(21)8-11)23-24-18(25)27-10-16(26)22-15-7-6-12(19)9-14(15)20/h3-9H,2,10,21H2,1H3,(H,22,26). The Kier molecular flexibility index (Phi) is 6.41. The van der Waals surface area contributed by atoms with Crippen molar-refractivity contribution in [3.63, 3.8) is 0 Å². The molecule has 3 N–H and O–H groups in total. The fourth-order valence-corrected chi connectivity index (χ4v) is 4.00. The number of hydrogen-bond acceptors (Lipinski definition) is 5. The number of nitrogens with zero attached hydrogens (tertiary/aromatic N) is 3. The van der Waals surface area contributed by atoms with Crippen LogP contribution < -0.4 is 11.1 Å². The average molecular weight is 467 g/mol. The Morgan fingerprint density at radius 3 is 2.81 bits per heavy atom. The van der Waals surface area contributed by atoms with Crippen LogP contribution in [0.2, 0.25) is 5.02 Å². The molecule has 0 aliphatic heterocycles. The SMILES string of the molecule is CCn1c(SCC(=O)Nc2ccc(Br)cc2Cl)nnc1-c1cccc(N)c1. The quantitative estimate of drug-likeness (QED) is 0.406. The van der Waals surface area contributed by atoms with Crippen LogP contribution in [0.15, 0.2) is 52.1 Å². The van der Waals surface area contributed by atoms with Crippen molar-refractivity contribution in [2.24, 2.45) is 0 Å². The fourth-order valence-electron chi connectivity index (χ4n) is 2.48. The highest BCUT2D eigenvalue weighted by Gasteiger charge is 2.15. The highest BCUT2D eigenvalue weighted by molar-refractivity contribution is 9.10. The summed E-state index contributed by atoms with van der Waals surface area (Å²) < 4.78 is 2.81. The molecule has 6 nitrogen and oxygen atoms in total. The van der Waals surface area contributed by atoms with Crippen LogP contribution in [-0.4, -0.2) is 26.4 Å². The van der Waals surface area contributed by atoms with Gasteiger partial charge in [0, 0.05) is 22.3 Å². The summed E-state index contributed by atoms with van der Waals surface area (Å²) in [5.74, 6) is 0.755. The van der Waals surface area contributed by atoms with Crippen molar-refractivity contribution in [1.29, 1.82) is 0 Å². The molecule has 0 saturated carbocycles. The maximum absolute atomic E-state index is 12.3. The normalized spacial score (nSPS) is 10.8. The van der Waals surface area contributed by atoms with Gasteiger partial charge in [-0.15, -0.1) is 10.2 Å². The summed E-state index contributed by atoms with van der Waals surface area (Å²) in [5.41, 5.74) is 7.99. The number of nitrogens with two attached hydrogens (primary N) is 1. The van der Waals surface area contributed by atoms with E-state index in [0.29, 0.717) is 28.1 Å². The lowest BCUT2D eigenvalue weighted by atomic mass is 10.2. The van der Waals surface area contributed by atoms with E-state index < -0.39 is 0 Å². The summed E-state index contributed by atoms with van der Waals surface area (Å²) in [7, 11) is 0. The number of nitrogens with one attached hydrogen (secondary N) is 1. The molecule has 2 aromatic carbocycles. The van der Waals surface area contributed by atoms with Gasteiger partial charge in [0.2, 0.25) is 5.91 Å². The maximum Gasteiger partial charge on any atom is 0.234 e. The first-order chi connectivity index (χ1) is 13.0. The molecule has 27 heavy (non-hydrogen) atoms. The van der Waals surface area contributed by atoms with Crippen LogP contribution in [0.1, 0.15) is 6.92 Å². The van der Waals surface area contributed by atoms with E-state index in [9.17, 15) is 4.79 Å². The van der Waals surface area contributed by atoms with Crippen LogP contribution in [0.4, 0.5) is 11.4 Å². The Bertz CT molecular complexity index is 978. The number of benzene rings is 2. The molecular weight excluding hydrogens is 450 g/mol. The Hall–Kier alpha value is -2.03. The molecule has 0 bridgehead atoms. The molecule has 0 unspecified atom stereocenters. The summed E-state index contributed by atoms with van der Waals surface area (Å²) in [6.07, 6.45) is 0. The minimum absolute atomic E-state index is 0.166. The van der Waals surface area contributed by atoms with E-state index in [-0.39, 0.29) is 11.7 Å². The molecule has 0 aliphatic carbocycles. The molecule has 1 heterocycles. The van der Waals surface area contributed by atoms with Gasteiger partial charge in [-0.05, 0) is 37.3 Å². The number of hydrogen-bond donors (Lipinski definition) is 2. The van der Waals surface area contributed by atoms with E-state index in [1.807, 2.05) is 41.8 Å². The summed E-state index contributed by atoms with van der Waals surface area (Å²) in [5, 5.41) is 12.4. The minimum atomic E-state index is -0.166. The second-order valence-electron chi connectivity index (χ2n) is 5.64. The molecule has 0 radical (unpaired) electrons. The number of rotatable bonds is 6. The highest BCUT2D eigenvalue weighted by Crippen LogP contribution is 2.27. The number of anilines is 2. The number of nitrogen functional groups attached to an aromatic ring is 1. The Morgan fingerprint density at radius 1 is 1.30 bits per heavy atom. The minimum Gasteiger partial charge on any atom is -0.399 e. The van der Waals surface area contributed by atoms with Crippen molar-refractivity contribution in [3.8, 4) is 11.4 Å². The second kappa shape index (κ2) is 8.77. The van der Waals surface area contributed by atoms with Gasteiger partial charge in [-0.3, -0.25) is 4.79 Å². The molecular formula is C18H17BrClN5OS. The molecule has 1 amide bonds. The van der Waals surface area contributed by atoms with Gasteiger partial charge < -0.3 is 15.6 Å². The second-order valence-corrected chi connectivity index (χ2v) is 7.90. The van der Waals surface area contributed by atoms with Crippen LogP contribution in [0.3, 0.4) is 0 Å². The molecule has 0 aliphatic rings. The number of carbonyl (C=O) groups is 1. The lowest BCUT2D eigenvalue weighted by Gasteiger charge is -2.09. The lowest BCUT2D eigenvalue weighted by Crippen LogP contribution is -2.15. The van der Waals surface area contributed by atoms with Crippen LogP contribution in [-0.2, 0) is 11.3 Å². The smallest absolute Gasteiger partial charge is 0.234 e. The van der Waals surface area contributed by atoms with Crippen molar-refractivity contribution >= 4 is 56.6 Å². The number of halogens is 2. The van der Waals surface area contributed by atoms with Gasteiger partial charge in [0.15, 0.2) is 11.0 Å². The zero-order valence-corrected chi connectivity index (χ0v) is 17.6. The first kappa shape index (κ1) is 19.7. The topological polar surface area (TPSA) is 85.8 Å². The van der Waals surface area contributed by atoms with Crippen molar-refractivity contribution in [2.45, 2.75) is 18.6 Å².